The molecule has 5 N–H and O–H groups in total. The maximum absolute atomic E-state index is 10.9. The van der Waals surface area contributed by atoms with E-state index in [4.69, 9.17) is 10.6 Å². The molecule has 1 rings (SSSR count). The molecular formula is C9H16N6O4. The van der Waals surface area contributed by atoms with Gasteiger partial charge >= 0.3 is 5.69 Å². The van der Waals surface area contributed by atoms with Crippen LogP contribution in [0.15, 0.2) is 6.33 Å². The first kappa shape index (κ1) is 15.0. The summed E-state index contributed by atoms with van der Waals surface area (Å²) in [5.41, 5.74) is 1.79. The van der Waals surface area contributed by atoms with E-state index in [1.165, 1.54) is 7.11 Å². The summed E-state index contributed by atoms with van der Waals surface area (Å²) in [5.74, 6) is 5.10. The van der Waals surface area contributed by atoms with E-state index in [1.54, 1.807) is 0 Å². The molecule has 0 aromatic carbocycles. The van der Waals surface area contributed by atoms with Gasteiger partial charge in [0.15, 0.2) is 0 Å². The monoisotopic (exact) mass is 272 g/mol. The summed E-state index contributed by atoms with van der Waals surface area (Å²) in [7, 11) is 1.48. The number of aliphatic hydroxyl groups is 1. The number of aliphatic hydroxyl groups excluding tert-OH is 1. The van der Waals surface area contributed by atoms with Gasteiger partial charge in [-0.25, -0.2) is 15.8 Å². The van der Waals surface area contributed by atoms with Gasteiger partial charge in [-0.05, 0) is 6.42 Å². The third-order valence-corrected chi connectivity index (χ3v) is 2.27. The van der Waals surface area contributed by atoms with E-state index in [0.29, 0.717) is 13.0 Å². The molecule has 0 saturated heterocycles. The van der Waals surface area contributed by atoms with Gasteiger partial charge in [0, 0.05) is 13.7 Å². The molecule has 1 heterocycles. The fraction of sp³-hybridized carbons (Fsp3) is 0.556. The van der Waals surface area contributed by atoms with Gasteiger partial charge in [-0.2, -0.15) is 0 Å². The minimum Gasteiger partial charge on any atom is -0.391 e. The standard InChI is InChI=1S/C9H16N6O4/c1-19-4-6(16)2-3-11-8-7(15(17)18)9(14-10)13-5-12-8/h5-6,16H,2-4,10H2,1H3,(H2,11,12,13,14). The molecule has 0 radical (unpaired) electrons. The smallest absolute Gasteiger partial charge is 0.354 e. The van der Waals surface area contributed by atoms with E-state index in [0.717, 1.165) is 6.33 Å². The Morgan fingerprint density at radius 2 is 2.26 bits per heavy atom. The van der Waals surface area contributed by atoms with Crippen molar-refractivity contribution in [2.75, 3.05) is 31.0 Å². The van der Waals surface area contributed by atoms with Gasteiger partial charge in [0.1, 0.15) is 6.33 Å². The number of methoxy groups -OCH3 is 1. The van der Waals surface area contributed by atoms with Crippen LogP contribution in [0, 0.1) is 10.1 Å². The molecular weight excluding hydrogens is 256 g/mol. The minimum atomic E-state index is -0.648. The van der Waals surface area contributed by atoms with Crippen LogP contribution in [0.1, 0.15) is 6.42 Å². The highest BCUT2D eigenvalue weighted by molar-refractivity contribution is 5.68. The van der Waals surface area contributed by atoms with Crippen molar-refractivity contribution in [1.82, 2.24) is 9.97 Å². The van der Waals surface area contributed by atoms with Crippen LogP contribution in [0.2, 0.25) is 0 Å². The number of nitrogens with zero attached hydrogens (tertiary/aromatic N) is 3. The van der Waals surface area contributed by atoms with E-state index in [1.807, 2.05) is 0 Å². The van der Waals surface area contributed by atoms with Crippen LogP contribution in [-0.4, -0.2) is 46.4 Å². The zero-order valence-corrected chi connectivity index (χ0v) is 10.4. The minimum absolute atomic E-state index is 0.0394. The van der Waals surface area contributed by atoms with Crippen LogP contribution < -0.4 is 16.6 Å². The van der Waals surface area contributed by atoms with E-state index in [-0.39, 0.29) is 23.9 Å². The van der Waals surface area contributed by atoms with Crippen LogP contribution in [0.25, 0.3) is 0 Å². The number of hydrogen-bond donors (Lipinski definition) is 4. The van der Waals surface area contributed by atoms with Gasteiger partial charge in [-0.15, -0.1) is 0 Å². The molecule has 0 amide bonds. The van der Waals surface area contributed by atoms with Gasteiger partial charge in [0.25, 0.3) is 0 Å². The average molecular weight is 272 g/mol. The predicted molar refractivity (Wildman–Crippen MR) is 67.5 cm³/mol. The van der Waals surface area contributed by atoms with Crippen molar-refractivity contribution in [1.29, 1.82) is 0 Å². The molecule has 1 aromatic heterocycles. The predicted octanol–water partition coefficient (Wildman–Crippen LogP) is -0.520. The highest BCUT2D eigenvalue weighted by atomic mass is 16.6. The average Bonchev–Trinajstić information content (AvgIpc) is 2.38. The van der Waals surface area contributed by atoms with Crippen molar-refractivity contribution >= 4 is 17.3 Å². The van der Waals surface area contributed by atoms with Crippen molar-refractivity contribution < 1.29 is 14.8 Å². The topological polar surface area (TPSA) is 148 Å². The molecule has 19 heavy (non-hydrogen) atoms. The second-order valence-electron chi connectivity index (χ2n) is 3.65. The number of nitrogen functional groups attached to an aromatic ring is 1. The van der Waals surface area contributed by atoms with Gasteiger partial charge < -0.3 is 20.6 Å². The molecule has 0 bridgehead atoms. The Morgan fingerprint density at radius 1 is 1.58 bits per heavy atom. The number of hydrazine groups is 1. The lowest BCUT2D eigenvalue weighted by atomic mass is 10.2. The van der Waals surface area contributed by atoms with Crippen LogP contribution in [0.4, 0.5) is 17.3 Å². The van der Waals surface area contributed by atoms with Crippen LogP contribution >= 0.6 is 0 Å². The summed E-state index contributed by atoms with van der Waals surface area (Å²) in [6.45, 7) is 0.496. The Balaban J connectivity index is 2.70. The molecule has 1 aromatic rings. The maximum atomic E-state index is 10.9. The molecule has 0 aliphatic carbocycles. The number of rotatable bonds is 8. The van der Waals surface area contributed by atoms with Crippen LogP contribution in [-0.2, 0) is 4.74 Å². The Kier molecular flexibility index (Phi) is 5.85. The van der Waals surface area contributed by atoms with Crippen molar-refractivity contribution in [3.05, 3.63) is 16.4 Å². The molecule has 106 valence electrons. The number of ether oxygens (including phenoxy) is 1. The summed E-state index contributed by atoms with van der Waals surface area (Å²) in [6, 6.07) is 0. The van der Waals surface area contributed by atoms with Gasteiger partial charge in [-0.3, -0.25) is 10.1 Å². The van der Waals surface area contributed by atoms with Crippen molar-refractivity contribution in [3.8, 4) is 0 Å². The summed E-state index contributed by atoms with van der Waals surface area (Å²) in [6.07, 6.45) is 0.863. The van der Waals surface area contributed by atoms with Crippen molar-refractivity contribution in [2.24, 2.45) is 5.84 Å². The Hall–Kier alpha value is -2.04. The highest BCUT2D eigenvalue weighted by Gasteiger charge is 2.22. The molecule has 0 aliphatic heterocycles. The first-order valence-electron chi connectivity index (χ1n) is 5.47. The van der Waals surface area contributed by atoms with E-state index in [9.17, 15) is 15.2 Å². The largest absolute Gasteiger partial charge is 0.391 e. The molecule has 0 aliphatic rings. The number of nitrogens with one attached hydrogen (secondary N) is 2. The zero-order valence-electron chi connectivity index (χ0n) is 10.4. The summed E-state index contributed by atoms with van der Waals surface area (Å²) < 4.78 is 4.77. The lowest BCUT2D eigenvalue weighted by Gasteiger charge is -2.11. The van der Waals surface area contributed by atoms with Crippen molar-refractivity contribution in [2.45, 2.75) is 12.5 Å². The number of anilines is 2. The highest BCUT2D eigenvalue weighted by Crippen LogP contribution is 2.27. The Bertz CT molecular complexity index is 429. The zero-order chi connectivity index (χ0) is 14.3. The van der Waals surface area contributed by atoms with Crippen molar-refractivity contribution in [3.63, 3.8) is 0 Å². The molecule has 10 nitrogen and oxygen atoms in total. The van der Waals surface area contributed by atoms with Gasteiger partial charge in [-0.1, -0.05) is 0 Å². The Morgan fingerprint density at radius 3 is 2.84 bits per heavy atom. The summed E-state index contributed by atoms with van der Waals surface area (Å²) in [5, 5.41) is 23.1. The number of hydrogen-bond acceptors (Lipinski definition) is 9. The molecule has 10 heteroatoms. The fourth-order valence-corrected chi connectivity index (χ4v) is 1.42. The number of aromatic nitrogens is 2. The summed E-state index contributed by atoms with van der Waals surface area (Å²) >= 11 is 0. The van der Waals surface area contributed by atoms with Gasteiger partial charge in [0.05, 0.1) is 17.6 Å². The molecule has 0 spiro atoms. The second kappa shape index (κ2) is 7.41. The van der Waals surface area contributed by atoms with Gasteiger partial charge in [0.2, 0.25) is 11.6 Å². The van der Waals surface area contributed by atoms with E-state index in [2.05, 4.69) is 20.7 Å². The molecule has 0 fully saturated rings. The SMILES string of the molecule is COCC(O)CCNc1ncnc(NN)c1[N+](=O)[O-]. The first-order chi connectivity index (χ1) is 9.10. The second-order valence-corrected chi connectivity index (χ2v) is 3.65. The molecule has 0 saturated carbocycles. The summed E-state index contributed by atoms with van der Waals surface area (Å²) in [4.78, 5) is 17.7. The molecule has 1 unspecified atom stereocenters. The number of nitro groups is 1. The normalized spacial score (nSPS) is 11.9. The third kappa shape index (κ3) is 4.28. The lowest BCUT2D eigenvalue weighted by molar-refractivity contribution is -0.383. The lowest BCUT2D eigenvalue weighted by Crippen LogP contribution is -2.19. The van der Waals surface area contributed by atoms with Crippen LogP contribution in [0.3, 0.4) is 0 Å². The first-order valence-corrected chi connectivity index (χ1v) is 5.47. The Labute approximate surface area is 109 Å². The molecule has 1 atom stereocenters. The fourth-order valence-electron chi connectivity index (χ4n) is 1.42. The van der Waals surface area contributed by atoms with E-state index >= 15 is 0 Å². The quantitative estimate of drug-likeness (QED) is 0.278. The van der Waals surface area contributed by atoms with E-state index < -0.39 is 11.0 Å². The maximum Gasteiger partial charge on any atom is 0.354 e. The van der Waals surface area contributed by atoms with Crippen LogP contribution in [0.5, 0.6) is 0 Å². The third-order valence-electron chi connectivity index (χ3n) is 2.27. The number of nitrogens with two attached hydrogens (primary N) is 1.